The van der Waals surface area contributed by atoms with Crippen molar-refractivity contribution >= 4 is 11.6 Å². The van der Waals surface area contributed by atoms with Crippen LogP contribution in [0, 0.1) is 11.7 Å². The Morgan fingerprint density at radius 2 is 2.00 bits per heavy atom. The highest BCUT2D eigenvalue weighted by Crippen LogP contribution is 2.32. The first kappa shape index (κ1) is 12.2. The number of ether oxygens (including phenoxy) is 1. The zero-order valence-electron chi connectivity index (χ0n) is 10.2. The highest BCUT2D eigenvalue weighted by Gasteiger charge is 2.33. The Kier molecular flexibility index (Phi) is 3.44. The molecule has 2 aliphatic heterocycles. The average molecular weight is 270 g/mol. The van der Waals surface area contributed by atoms with Crippen molar-refractivity contribution in [2.45, 2.75) is 37.8 Å². The van der Waals surface area contributed by atoms with Crippen molar-refractivity contribution < 1.29 is 9.13 Å². The summed E-state index contributed by atoms with van der Waals surface area (Å²) in [7, 11) is 0. The summed E-state index contributed by atoms with van der Waals surface area (Å²) >= 11 is 5.94. The molecule has 0 amide bonds. The Balaban J connectivity index is 1.58. The van der Waals surface area contributed by atoms with E-state index in [0.29, 0.717) is 35.4 Å². The molecular formula is C14H17ClFNO. The maximum Gasteiger partial charge on any atom is 0.138 e. The van der Waals surface area contributed by atoms with E-state index in [0.717, 1.165) is 0 Å². The standard InChI is InChI=1S/C14H17ClFNO/c15-13-7-10(16)1-4-14(13)18-8-9-5-11-2-3-12(6-9)17-11/h1,4,7,9,11-12,17H,2-3,5-6,8H2. The first-order valence-electron chi connectivity index (χ1n) is 6.54. The lowest BCUT2D eigenvalue weighted by Gasteiger charge is -2.29. The molecule has 2 atom stereocenters. The van der Waals surface area contributed by atoms with Crippen molar-refractivity contribution in [2.75, 3.05) is 6.61 Å². The molecule has 1 N–H and O–H groups in total. The Morgan fingerprint density at radius 1 is 1.28 bits per heavy atom. The van der Waals surface area contributed by atoms with E-state index in [2.05, 4.69) is 5.32 Å². The lowest BCUT2D eigenvalue weighted by Crippen LogP contribution is -2.39. The number of nitrogens with one attached hydrogen (secondary N) is 1. The van der Waals surface area contributed by atoms with Crippen molar-refractivity contribution in [1.82, 2.24) is 5.32 Å². The molecule has 2 fully saturated rings. The molecule has 4 heteroatoms. The number of hydrogen-bond donors (Lipinski definition) is 1. The fraction of sp³-hybridized carbons (Fsp3) is 0.571. The Labute approximate surface area is 111 Å². The van der Waals surface area contributed by atoms with Crippen molar-refractivity contribution in [3.05, 3.63) is 29.0 Å². The van der Waals surface area contributed by atoms with E-state index in [1.165, 1.54) is 37.8 Å². The molecule has 0 aromatic heterocycles. The van der Waals surface area contributed by atoms with Crippen LogP contribution in [-0.2, 0) is 0 Å². The monoisotopic (exact) mass is 269 g/mol. The van der Waals surface area contributed by atoms with E-state index < -0.39 is 0 Å². The summed E-state index contributed by atoms with van der Waals surface area (Å²) < 4.78 is 18.6. The summed E-state index contributed by atoms with van der Waals surface area (Å²) in [6, 6.07) is 5.62. The van der Waals surface area contributed by atoms with Gasteiger partial charge in [-0.1, -0.05) is 11.6 Å². The van der Waals surface area contributed by atoms with E-state index in [1.54, 1.807) is 6.07 Å². The van der Waals surface area contributed by atoms with Gasteiger partial charge in [-0.05, 0) is 49.8 Å². The van der Waals surface area contributed by atoms with E-state index in [9.17, 15) is 4.39 Å². The molecule has 1 aromatic carbocycles. The minimum Gasteiger partial charge on any atom is -0.492 e. The molecule has 18 heavy (non-hydrogen) atoms. The van der Waals surface area contributed by atoms with Crippen LogP contribution in [0.15, 0.2) is 18.2 Å². The van der Waals surface area contributed by atoms with Gasteiger partial charge in [-0.2, -0.15) is 0 Å². The Hall–Kier alpha value is -0.800. The summed E-state index contributed by atoms with van der Waals surface area (Å²) in [6.07, 6.45) is 4.93. The SMILES string of the molecule is Fc1ccc(OCC2CC3CCC(C2)N3)c(Cl)c1. The van der Waals surface area contributed by atoms with Crippen LogP contribution in [0.3, 0.4) is 0 Å². The van der Waals surface area contributed by atoms with Gasteiger partial charge in [-0.3, -0.25) is 0 Å². The van der Waals surface area contributed by atoms with E-state index in [4.69, 9.17) is 16.3 Å². The molecule has 0 aliphatic carbocycles. The van der Waals surface area contributed by atoms with Gasteiger partial charge in [0.05, 0.1) is 11.6 Å². The molecule has 2 bridgehead atoms. The zero-order valence-corrected chi connectivity index (χ0v) is 10.9. The second kappa shape index (κ2) is 5.06. The summed E-state index contributed by atoms with van der Waals surface area (Å²) in [5.74, 6) is 0.848. The van der Waals surface area contributed by atoms with Crippen LogP contribution in [0.2, 0.25) is 5.02 Å². The lowest BCUT2D eigenvalue weighted by atomic mass is 9.93. The van der Waals surface area contributed by atoms with Gasteiger partial charge in [-0.15, -0.1) is 0 Å². The molecule has 2 nitrogen and oxygen atoms in total. The number of fused-ring (bicyclic) bond motifs is 2. The summed E-state index contributed by atoms with van der Waals surface area (Å²) in [6.45, 7) is 0.681. The number of hydrogen-bond acceptors (Lipinski definition) is 2. The van der Waals surface area contributed by atoms with Gasteiger partial charge in [0.25, 0.3) is 0 Å². The van der Waals surface area contributed by atoms with Gasteiger partial charge in [-0.25, -0.2) is 4.39 Å². The Morgan fingerprint density at radius 3 is 2.67 bits per heavy atom. The van der Waals surface area contributed by atoms with Crippen molar-refractivity contribution in [2.24, 2.45) is 5.92 Å². The molecule has 3 rings (SSSR count). The topological polar surface area (TPSA) is 21.3 Å². The maximum atomic E-state index is 12.9. The van der Waals surface area contributed by atoms with Crippen LogP contribution in [0.5, 0.6) is 5.75 Å². The quantitative estimate of drug-likeness (QED) is 0.908. The van der Waals surface area contributed by atoms with Gasteiger partial charge in [0.2, 0.25) is 0 Å². The van der Waals surface area contributed by atoms with E-state index >= 15 is 0 Å². The predicted molar refractivity (Wildman–Crippen MR) is 69.6 cm³/mol. The summed E-state index contributed by atoms with van der Waals surface area (Å²) in [5.41, 5.74) is 0. The third-order valence-corrected chi connectivity index (χ3v) is 4.23. The third-order valence-electron chi connectivity index (χ3n) is 3.94. The summed E-state index contributed by atoms with van der Waals surface area (Å²) in [5, 5.41) is 3.96. The molecule has 2 aliphatic rings. The second-order valence-electron chi connectivity index (χ2n) is 5.36. The molecular weight excluding hydrogens is 253 g/mol. The minimum absolute atomic E-state index is 0.327. The van der Waals surface area contributed by atoms with Crippen LogP contribution in [0.1, 0.15) is 25.7 Å². The van der Waals surface area contributed by atoms with Gasteiger partial charge in [0.15, 0.2) is 0 Å². The van der Waals surface area contributed by atoms with Crippen LogP contribution >= 0.6 is 11.6 Å². The molecule has 0 spiro atoms. The molecule has 2 saturated heterocycles. The largest absolute Gasteiger partial charge is 0.492 e. The first-order valence-corrected chi connectivity index (χ1v) is 6.92. The van der Waals surface area contributed by atoms with Crippen molar-refractivity contribution in [1.29, 1.82) is 0 Å². The molecule has 2 heterocycles. The van der Waals surface area contributed by atoms with Gasteiger partial charge in [0.1, 0.15) is 11.6 Å². The third kappa shape index (κ3) is 2.62. The lowest BCUT2D eigenvalue weighted by molar-refractivity contribution is 0.190. The molecule has 98 valence electrons. The van der Waals surface area contributed by atoms with E-state index in [-0.39, 0.29) is 5.82 Å². The maximum absolute atomic E-state index is 12.9. The molecule has 1 aromatic rings. The highest BCUT2D eigenvalue weighted by molar-refractivity contribution is 6.32. The smallest absolute Gasteiger partial charge is 0.138 e. The fourth-order valence-electron chi connectivity index (χ4n) is 3.11. The van der Waals surface area contributed by atoms with E-state index in [1.807, 2.05) is 0 Å². The molecule has 0 radical (unpaired) electrons. The predicted octanol–water partition coefficient (Wildman–Crippen LogP) is 3.39. The Bertz CT molecular complexity index is 428. The van der Waals surface area contributed by atoms with Crippen LogP contribution in [-0.4, -0.2) is 18.7 Å². The number of benzene rings is 1. The average Bonchev–Trinajstić information content (AvgIpc) is 2.68. The number of halogens is 2. The highest BCUT2D eigenvalue weighted by atomic mass is 35.5. The van der Waals surface area contributed by atoms with Crippen molar-refractivity contribution in [3.8, 4) is 5.75 Å². The fourth-order valence-corrected chi connectivity index (χ4v) is 3.33. The molecule has 0 saturated carbocycles. The van der Waals surface area contributed by atoms with Gasteiger partial charge in [0, 0.05) is 12.1 Å². The van der Waals surface area contributed by atoms with Crippen LogP contribution in [0.4, 0.5) is 4.39 Å². The molecule has 2 unspecified atom stereocenters. The first-order chi connectivity index (χ1) is 8.70. The number of rotatable bonds is 3. The second-order valence-corrected chi connectivity index (χ2v) is 5.77. The van der Waals surface area contributed by atoms with Crippen LogP contribution in [0.25, 0.3) is 0 Å². The zero-order chi connectivity index (χ0) is 12.5. The van der Waals surface area contributed by atoms with Crippen LogP contribution < -0.4 is 10.1 Å². The normalized spacial score (nSPS) is 30.4. The van der Waals surface area contributed by atoms with Gasteiger partial charge >= 0.3 is 0 Å². The van der Waals surface area contributed by atoms with Crippen molar-refractivity contribution in [3.63, 3.8) is 0 Å². The number of piperidine rings is 1. The summed E-state index contributed by atoms with van der Waals surface area (Å²) in [4.78, 5) is 0. The van der Waals surface area contributed by atoms with Gasteiger partial charge < -0.3 is 10.1 Å². The minimum atomic E-state index is -0.327.